The highest BCUT2D eigenvalue weighted by Crippen LogP contribution is 2.09. The summed E-state index contributed by atoms with van der Waals surface area (Å²) in [5.74, 6) is 0. The second kappa shape index (κ2) is 4.04. The van der Waals surface area contributed by atoms with Gasteiger partial charge in [-0.15, -0.1) is 0 Å². The number of benzene rings is 1. The highest BCUT2D eigenvalue weighted by Gasteiger charge is 1.88. The second-order valence-electron chi connectivity index (χ2n) is 2.22. The highest BCUT2D eigenvalue weighted by atomic mass is 35.5. The Morgan fingerprint density at radius 1 is 1.27 bits per heavy atom. The molecule has 0 bridgehead atoms. The Hall–Kier alpha value is -0.950. The average Bonchev–Trinajstić information content (AvgIpc) is 2.04. The van der Waals surface area contributed by atoms with Gasteiger partial charge >= 0.3 is 0 Å². The Morgan fingerprint density at radius 2 is 1.91 bits per heavy atom. The van der Waals surface area contributed by atoms with Gasteiger partial charge in [0.1, 0.15) is 0 Å². The maximum Gasteiger partial charge on any atom is 0.0755 e. The predicted molar refractivity (Wildman–Crippen MR) is 46.9 cm³/mol. The first-order chi connectivity index (χ1) is 5.33. The summed E-state index contributed by atoms with van der Waals surface area (Å²) in [5.41, 5.74) is 1.14. The summed E-state index contributed by atoms with van der Waals surface area (Å²) in [7, 11) is 0. The summed E-state index contributed by atoms with van der Waals surface area (Å²) in [6, 6.07) is 7.54. The summed E-state index contributed by atoms with van der Waals surface area (Å²) in [6.45, 7) is 0. The van der Waals surface area contributed by atoms with E-state index in [0.29, 0.717) is 0 Å². The summed E-state index contributed by atoms with van der Waals surface area (Å²) in [4.78, 5) is 0. The molecule has 0 aliphatic rings. The highest BCUT2D eigenvalue weighted by molar-refractivity contribution is 6.30. The summed E-state index contributed by atoms with van der Waals surface area (Å²) in [6.07, 6.45) is 3.48. The van der Waals surface area contributed by atoms with Gasteiger partial charge in [0.25, 0.3) is 0 Å². The molecule has 0 heterocycles. The van der Waals surface area contributed by atoms with E-state index in [-0.39, 0.29) is 0 Å². The predicted octanol–water partition coefficient (Wildman–Crippen LogP) is 2.95. The van der Waals surface area contributed by atoms with Gasteiger partial charge in [0.05, 0.1) is 6.26 Å². The van der Waals surface area contributed by atoms with Crippen LogP contribution >= 0.6 is 11.6 Å². The summed E-state index contributed by atoms with van der Waals surface area (Å²) < 4.78 is 0. The molecule has 0 saturated carbocycles. The lowest BCUT2D eigenvalue weighted by atomic mass is 10.1. The third kappa shape index (κ3) is 2.64. The lowest BCUT2D eigenvalue weighted by Gasteiger charge is -1.94. The van der Waals surface area contributed by atoms with Crippen molar-refractivity contribution in [3.63, 3.8) is 0 Å². The van der Waals surface area contributed by atoms with Crippen molar-refractivity contribution >= 4 is 11.6 Å². The van der Waals surface area contributed by atoms with Crippen LogP contribution in [0.3, 0.4) is 0 Å². The summed E-state index contributed by atoms with van der Waals surface area (Å²) in [5, 5.41) is 9.11. The van der Waals surface area contributed by atoms with Gasteiger partial charge in [-0.05, 0) is 30.2 Å². The maximum absolute atomic E-state index is 8.38. The van der Waals surface area contributed by atoms with Gasteiger partial charge in [-0.2, -0.15) is 0 Å². The molecule has 1 rings (SSSR count). The number of halogens is 1. The van der Waals surface area contributed by atoms with Crippen LogP contribution in [0.5, 0.6) is 0 Å². The zero-order valence-corrected chi connectivity index (χ0v) is 6.75. The molecule has 0 amide bonds. The van der Waals surface area contributed by atoms with Crippen LogP contribution < -0.4 is 0 Å². The minimum atomic E-state index is 0.738. The van der Waals surface area contributed by atoms with Crippen molar-refractivity contribution < 1.29 is 5.11 Å². The van der Waals surface area contributed by atoms with Crippen LogP contribution in [0.4, 0.5) is 0 Å². The molecule has 0 unspecified atom stereocenters. The molecule has 0 aliphatic carbocycles. The monoisotopic (exact) mass is 168 g/mol. The fraction of sp³-hybridized carbons (Fsp3) is 0.111. The molecule has 0 aromatic heterocycles. The van der Waals surface area contributed by atoms with Crippen molar-refractivity contribution in [3.05, 3.63) is 47.2 Å². The maximum atomic E-state index is 8.38. The van der Waals surface area contributed by atoms with Gasteiger partial charge in [-0.1, -0.05) is 23.7 Å². The average molecular weight is 169 g/mol. The molecule has 1 nitrogen and oxygen atoms in total. The van der Waals surface area contributed by atoms with Crippen molar-refractivity contribution in [2.45, 2.75) is 6.42 Å². The fourth-order valence-electron chi connectivity index (χ4n) is 0.809. The zero-order chi connectivity index (χ0) is 8.10. The third-order valence-electron chi connectivity index (χ3n) is 1.37. The molecule has 0 spiro atoms. The van der Waals surface area contributed by atoms with Crippen LogP contribution in [0.25, 0.3) is 0 Å². The van der Waals surface area contributed by atoms with Gasteiger partial charge in [0, 0.05) is 5.02 Å². The van der Waals surface area contributed by atoms with E-state index in [9.17, 15) is 0 Å². The number of aliphatic hydroxyl groups excluding tert-OH is 1. The van der Waals surface area contributed by atoms with Crippen molar-refractivity contribution in [1.29, 1.82) is 0 Å². The lowest BCUT2D eigenvalue weighted by Crippen LogP contribution is -1.78. The van der Waals surface area contributed by atoms with Crippen LogP contribution in [0.15, 0.2) is 36.6 Å². The Bertz CT molecular complexity index is 238. The van der Waals surface area contributed by atoms with E-state index in [1.807, 2.05) is 24.3 Å². The van der Waals surface area contributed by atoms with Gasteiger partial charge in [0.2, 0.25) is 0 Å². The molecule has 0 saturated heterocycles. The molecule has 1 N–H and O–H groups in total. The van der Waals surface area contributed by atoms with Gasteiger partial charge < -0.3 is 5.11 Å². The first kappa shape index (κ1) is 8.15. The second-order valence-corrected chi connectivity index (χ2v) is 2.65. The van der Waals surface area contributed by atoms with Crippen molar-refractivity contribution in [3.8, 4) is 0 Å². The molecule has 58 valence electrons. The van der Waals surface area contributed by atoms with Gasteiger partial charge in [-0.3, -0.25) is 0 Å². The van der Waals surface area contributed by atoms with Gasteiger partial charge in [0.15, 0.2) is 0 Å². The van der Waals surface area contributed by atoms with E-state index in [2.05, 4.69) is 0 Å². The molecular formula is C9H9ClO. The molecule has 11 heavy (non-hydrogen) atoms. The van der Waals surface area contributed by atoms with Crippen LogP contribution in [0, 0.1) is 0 Å². The van der Waals surface area contributed by atoms with Crippen molar-refractivity contribution in [1.82, 2.24) is 0 Å². The molecule has 2 heteroatoms. The molecule has 1 aromatic carbocycles. The molecule has 0 atom stereocenters. The minimum absolute atomic E-state index is 0.738. The first-order valence-corrected chi connectivity index (χ1v) is 3.74. The smallest absolute Gasteiger partial charge is 0.0755 e. The van der Waals surface area contributed by atoms with Crippen molar-refractivity contribution in [2.24, 2.45) is 0 Å². The number of hydrogen-bond donors (Lipinski definition) is 1. The fourth-order valence-corrected chi connectivity index (χ4v) is 0.935. The molecule has 1 aromatic rings. The Morgan fingerprint density at radius 3 is 2.45 bits per heavy atom. The van der Waals surface area contributed by atoms with E-state index >= 15 is 0 Å². The normalized spacial score (nSPS) is 10.6. The van der Waals surface area contributed by atoms with Crippen LogP contribution in [0.2, 0.25) is 5.02 Å². The van der Waals surface area contributed by atoms with E-state index in [0.717, 1.165) is 23.3 Å². The molecule has 0 fully saturated rings. The van der Waals surface area contributed by atoms with Crippen LogP contribution in [-0.4, -0.2) is 5.11 Å². The quantitative estimate of drug-likeness (QED) is 0.674. The molecule has 0 radical (unpaired) electrons. The van der Waals surface area contributed by atoms with E-state index in [1.54, 1.807) is 6.08 Å². The van der Waals surface area contributed by atoms with E-state index in [4.69, 9.17) is 16.7 Å². The standard InChI is InChI=1S/C9H9ClO/c10-9-5-3-8(4-6-9)2-1-7-11/h1,3-7,11H,2H2. The Labute approximate surface area is 70.9 Å². The van der Waals surface area contributed by atoms with Crippen LogP contribution in [-0.2, 0) is 6.42 Å². The SMILES string of the molecule is OC=CCc1ccc(Cl)cc1. The number of rotatable bonds is 2. The van der Waals surface area contributed by atoms with E-state index in [1.165, 1.54) is 0 Å². The number of aliphatic hydroxyl groups is 1. The number of hydrogen-bond acceptors (Lipinski definition) is 1. The van der Waals surface area contributed by atoms with Gasteiger partial charge in [-0.25, -0.2) is 0 Å². The largest absolute Gasteiger partial charge is 0.516 e. The molecule has 0 aliphatic heterocycles. The molecular weight excluding hydrogens is 160 g/mol. The minimum Gasteiger partial charge on any atom is -0.516 e. The van der Waals surface area contributed by atoms with Crippen molar-refractivity contribution in [2.75, 3.05) is 0 Å². The Balaban J connectivity index is 2.66. The topological polar surface area (TPSA) is 20.2 Å². The summed E-state index contributed by atoms with van der Waals surface area (Å²) >= 11 is 5.68. The zero-order valence-electron chi connectivity index (χ0n) is 6.00. The Kier molecular flexibility index (Phi) is 2.99. The first-order valence-electron chi connectivity index (χ1n) is 3.36. The van der Waals surface area contributed by atoms with Crippen LogP contribution in [0.1, 0.15) is 5.56 Å². The lowest BCUT2D eigenvalue weighted by molar-refractivity contribution is 0.471. The third-order valence-corrected chi connectivity index (χ3v) is 1.62. The van der Waals surface area contributed by atoms with E-state index < -0.39 is 0 Å². The number of allylic oxidation sites excluding steroid dienone is 1.